The van der Waals surface area contributed by atoms with E-state index in [1.807, 2.05) is 20.8 Å². The lowest BCUT2D eigenvalue weighted by Gasteiger charge is -2.16. The van der Waals surface area contributed by atoms with Crippen molar-refractivity contribution in [2.75, 3.05) is 0 Å². The first-order valence-corrected chi connectivity index (χ1v) is 4.67. The van der Waals surface area contributed by atoms with Crippen LogP contribution in [0.1, 0.15) is 40.5 Å². The summed E-state index contributed by atoms with van der Waals surface area (Å²) in [6, 6.07) is 0. The van der Waals surface area contributed by atoms with Gasteiger partial charge in [0.1, 0.15) is 0 Å². The second-order valence-corrected chi connectivity index (χ2v) is 3.39. The van der Waals surface area contributed by atoms with E-state index >= 15 is 0 Å². The lowest BCUT2D eigenvalue weighted by Crippen LogP contribution is -2.33. The van der Waals surface area contributed by atoms with Crippen LogP contribution in [0.3, 0.4) is 0 Å². The van der Waals surface area contributed by atoms with Gasteiger partial charge in [-0.05, 0) is 27.2 Å². The molecule has 3 nitrogen and oxygen atoms in total. The van der Waals surface area contributed by atoms with Crippen LogP contribution >= 0.6 is 0 Å². The maximum atomic E-state index is 11.4. The molecule has 3 heteroatoms. The van der Waals surface area contributed by atoms with Crippen LogP contribution in [0.15, 0.2) is 0 Å². The molecule has 0 fully saturated rings. The van der Waals surface area contributed by atoms with Crippen LogP contribution in [-0.2, 0) is 14.3 Å². The molecule has 0 aromatic rings. The van der Waals surface area contributed by atoms with Crippen LogP contribution in [0.4, 0.5) is 0 Å². The molecule has 0 saturated carbocycles. The fourth-order valence-corrected chi connectivity index (χ4v) is 1.05. The van der Waals surface area contributed by atoms with E-state index in [0.717, 1.165) is 6.42 Å². The summed E-state index contributed by atoms with van der Waals surface area (Å²) in [6.45, 7) is 6.93. The SMILES string of the molecule is CCCC(=O)C(OC(C)C)C(C)=O. The van der Waals surface area contributed by atoms with Crippen molar-refractivity contribution in [2.24, 2.45) is 0 Å². The predicted octanol–water partition coefficient (Wildman–Crippen LogP) is 1.74. The molecule has 76 valence electrons. The third kappa shape index (κ3) is 4.78. The van der Waals surface area contributed by atoms with E-state index in [-0.39, 0.29) is 17.7 Å². The lowest BCUT2D eigenvalue weighted by molar-refractivity contribution is -0.144. The number of hydrogen-bond donors (Lipinski definition) is 0. The molecule has 13 heavy (non-hydrogen) atoms. The fraction of sp³-hybridized carbons (Fsp3) is 0.800. The van der Waals surface area contributed by atoms with Gasteiger partial charge in [-0.1, -0.05) is 6.92 Å². The average Bonchev–Trinajstić information content (AvgIpc) is 1.99. The smallest absolute Gasteiger partial charge is 0.174 e. The summed E-state index contributed by atoms with van der Waals surface area (Å²) in [6.07, 6.45) is 0.232. The van der Waals surface area contributed by atoms with Gasteiger partial charge in [-0.3, -0.25) is 9.59 Å². The number of carbonyl (C=O) groups excluding carboxylic acids is 2. The maximum absolute atomic E-state index is 11.4. The first-order chi connectivity index (χ1) is 5.99. The molecule has 0 aliphatic rings. The lowest BCUT2D eigenvalue weighted by atomic mass is 10.1. The molecule has 0 amide bonds. The van der Waals surface area contributed by atoms with E-state index in [9.17, 15) is 9.59 Å². The summed E-state index contributed by atoms with van der Waals surface area (Å²) in [5, 5.41) is 0. The van der Waals surface area contributed by atoms with Gasteiger partial charge in [-0.15, -0.1) is 0 Å². The van der Waals surface area contributed by atoms with Gasteiger partial charge in [0.25, 0.3) is 0 Å². The number of ketones is 2. The van der Waals surface area contributed by atoms with E-state index in [0.29, 0.717) is 6.42 Å². The highest BCUT2D eigenvalue weighted by atomic mass is 16.5. The normalized spacial score (nSPS) is 13.0. The van der Waals surface area contributed by atoms with Crippen molar-refractivity contribution in [1.82, 2.24) is 0 Å². The predicted molar refractivity (Wildman–Crippen MR) is 50.6 cm³/mol. The standard InChI is InChI=1S/C10H18O3/c1-5-6-9(12)10(8(4)11)13-7(2)3/h7,10H,5-6H2,1-4H3. The highest BCUT2D eigenvalue weighted by molar-refractivity contribution is 6.04. The minimum absolute atomic E-state index is 0.0882. The van der Waals surface area contributed by atoms with Crippen LogP contribution in [0.2, 0.25) is 0 Å². The zero-order valence-electron chi connectivity index (χ0n) is 8.79. The van der Waals surface area contributed by atoms with Crippen molar-refractivity contribution in [3.05, 3.63) is 0 Å². The largest absolute Gasteiger partial charge is 0.360 e. The third-order valence-electron chi connectivity index (χ3n) is 1.57. The highest BCUT2D eigenvalue weighted by Gasteiger charge is 2.23. The molecule has 0 rings (SSSR count). The number of Topliss-reactive ketones (excluding diaryl/α,β-unsaturated/α-hetero) is 2. The molecule has 1 atom stereocenters. The van der Waals surface area contributed by atoms with E-state index in [1.54, 1.807) is 0 Å². The van der Waals surface area contributed by atoms with Gasteiger partial charge >= 0.3 is 0 Å². The zero-order valence-corrected chi connectivity index (χ0v) is 8.79. The van der Waals surface area contributed by atoms with Crippen molar-refractivity contribution in [2.45, 2.75) is 52.7 Å². The quantitative estimate of drug-likeness (QED) is 0.593. The van der Waals surface area contributed by atoms with E-state index in [2.05, 4.69) is 0 Å². The monoisotopic (exact) mass is 186 g/mol. The van der Waals surface area contributed by atoms with Gasteiger partial charge in [0.15, 0.2) is 17.7 Å². The van der Waals surface area contributed by atoms with Gasteiger partial charge in [0, 0.05) is 6.42 Å². The van der Waals surface area contributed by atoms with Crippen LogP contribution in [0.25, 0.3) is 0 Å². The Morgan fingerprint density at radius 2 is 1.85 bits per heavy atom. The first kappa shape index (κ1) is 12.3. The second-order valence-electron chi connectivity index (χ2n) is 3.39. The highest BCUT2D eigenvalue weighted by Crippen LogP contribution is 2.05. The van der Waals surface area contributed by atoms with Gasteiger partial charge in [0.2, 0.25) is 0 Å². The molecule has 0 aliphatic carbocycles. The number of hydrogen-bond acceptors (Lipinski definition) is 3. The Labute approximate surface area is 79.5 Å². The van der Waals surface area contributed by atoms with Crippen LogP contribution in [-0.4, -0.2) is 23.8 Å². The van der Waals surface area contributed by atoms with Gasteiger partial charge < -0.3 is 4.74 Å². The maximum Gasteiger partial charge on any atom is 0.174 e. The number of rotatable bonds is 6. The third-order valence-corrected chi connectivity index (χ3v) is 1.57. The summed E-state index contributed by atoms with van der Waals surface area (Å²) >= 11 is 0. The summed E-state index contributed by atoms with van der Waals surface area (Å²) < 4.78 is 5.23. The van der Waals surface area contributed by atoms with Crippen molar-refractivity contribution < 1.29 is 14.3 Å². The Kier molecular flexibility index (Phi) is 5.55. The molecule has 0 aromatic heterocycles. The van der Waals surface area contributed by atoms with Gasteiger partial charge in [-0.25, -0.2) is 0 Å². The van der Waals surface area contributed by atoms with Crippen molar-refractivity contribution >= 4 is 11.6 Å². The molecule has 0 bridgehead atoms. The second kappa shape index (κ2) is 5.86. The summed E-state index contributed by atoms with van der Waals surface area (Å²) in [5.74, 6) is -0.309. The Hall–Kier alpha value is -0.700. The average molecular weight is 186 g/mol. The molecule has 0 heterocycles. The molecule has 1 unspecified atom stereocenters. The summed E-state index contributed by atoms with van der Waals surface area (Å²) in [7, 11) is 0. The van der Waals surface area contributed by atoms with Crippen LogP contribution in [0, 0.1) is 0 Å². The van der Waals surface area contributed by atoms with Crippen molar-refractivity contribution in [3.8, 4) is 0 Å². The van der Waals surface area contributed by atoms with Crippen molar-refractivity contribution in [1.29, 1.82) is 0 Å². The van der Waals surface area contributed by atoms with Crippen molar-refractivity contribution in [3.63, 3.8) is 0 Å². The number of ether oxygens (including phenoxy) is 1. The topological polar surface area (TPSA) is 43.4 Å². The Bertz CT molecular complexity index is 185. The van der Waals surface area contributed by atoms with E-state index < -0.39 is 6.10 Å². The molecule has 0 saturated heterocycles. The molecule has 0 spiro atoms. The zero-order chi connectivity index (χ0) is 10.4. The van der Waals surface area contributed by atoms with E-state index in [4.69, 9.17) is 4.74 Å². The van der Waals surface area contributed by atoms with Gasteiger partial charge in [-0.2, -0.15) is 0 Å². The summed E-state index contributed by atoms with van der Waals surface area (Å²) in [4.78, 5) is 22.4. The molecule has 0 aromatic carbocycles. The van der Waals surface area contributed by atoms with Gasteiger partial charge in [0.05, 0.1) is 6.10 Å². The molecular formula is C10H18O3. The fourth-order valence-electron chi connectivity index (χ4n) is 1.05. The minimum Gasteiger partial charge on any atom is -0.360 e. The molecule has 0 radical (unpaired) electrons. The van der Waals surface area contributed by atoms with Crippen LogP contribution in [0.5, 0.6) is 0 Å². The Morgan fingerprint density at radius 3 is 2.15 bits per heavy atom. The van der Waals surface area contributed by atoms with E-state index in [1.165, 1.54) is 6.92 Å². The molecular weight excluding hydrogens is 168 g/mol. The minimum atomic E-state index is -0.847. The summed E-state index contributed by atoms with van der Waals surface area (Å²) in [5.41, 5.74) is 0. The Balaban J connectivity index is 4.24. The van der Waals surface area contributed by atoms with Crippen LogP contribution < -0.4 is 0 Å². The number of carbonyl (C=O) groups is 2. The molecule has 0 N–H and O–H groups in total. The Morgan fingerprint density at radius 1 is 1.31 bits per heavy atom. The molecule has 0 aliphatic heterocycles. The first-order valence-electron chi connectivity index (χ1n) is 4.67.